The first kappa shape index (κ1) is 12.6. The van der Waals surface area contributed by atoms with Gasteiger partial charge in [0.15, 0.2) is 0 Å². The van der Waals surface area contributed by atoms with Crippen molar-refractivity contribution in [3.63, 3.8) is 0 Å². The van der Waals surface area contributed by atoms with Crippen LogP contribution in [-0.4, -0.2) is 19.4 Å². The second-order valence-corrected chi connectivity index (χ2v) is 5.04. The van der Waals surface area contributed by atoms with Crippen LogP contribution in [0.5, 0.6) is 0 Å². The first-order valence-corrected chi connectivity index (χ1v) is 6.36. The number of halogens is 2. The molecule has 17 heavy (non-hydrogen) atoms. The van der Waals surface area contributed by atoms with Crippen LogP contribution in [0.4, 0.5) is 5.69 Å². The molecule has 1 heterocycles. The van der Waals surface area contributed by atoms with Gasteiger partial charge in [0.25, 0.3) is 0 Å². The Balaban J connectivity index is 2.22. The number of hydrogen-bond acceptors (Lipinski definition) is 4. The van der Waals surface area contributed by atoms with Gasteiger partial charge in [0.1, 0.15) is 10.2 Å². The van der Waals surface area contributed by atoms with E-state index in [4.69, 9.17) is 9.47 Å². The molecule has 0 saturated carbocycles. The van der Waals surface area contributed by atoms with Crippen molar-refractivity contribution < 1.29 is 14.3 Å². The van der Waals surface area contributed by atoms with E-state index in [1.807, 2.05) is 24.3 Å². The third kappa shape index (κ3) is 2.70. The number of ether oxygens (including phenoxy) is 2. The van der Waals surface area contributed by atoms with Crippen molar-refractivity contribution >= 4 is 43.5 Å². The fraction of sp³-hybridized carbons (Fsp3) is 0.182. The maximum absolute atomic E-state index is 11.3. The van der Waals surface area contributed by atoms with Crippen molar-refractivity contribution in [3.8, 4) is 0 Å². The Hall–Kier alpha value is -0.850. The summed E-state index contributed by atoms with van der Waals surface area (Å²) in [6.07, 6.45) is -0.694. The van der Waals surface area contributed by atoms with Crippen molar-refractivity contribution in [3.05, 3.63) is 38.9 Å². The second kappa shape index (κ2) is 5.20. The molecule has 0 amide bonds. The summed E-state index contributed by atoms with van der Waals surface area (Å²) in [6.45, 7) is 0. The first-order valence-electron chi connectivity index (χ1n) is 4.78. The molecule has 0 fully saturated rings. The molecule has 90 valence electrons. The minimum absolute atomic E-state index is 0.354. The highest BCUT2D eigenvalue weighted by molar-refractivity contribution is 9.12. The molecule has 2 rings (SSSR count). The maximum atomic E-state index is 11.3. The highest BCUT2D eigenvalue weighted by atomic mass is 79.9. The molecule has 0 bridgehead atoms. The van der Waals surface area contributed by atoms with E-state index in [0.717, 1.165) is 10.2 Å². The summed E-state index contributed by atoms with van der Waals surface area (Å²) in [5.74, 6) is -0.434. The number of esters is 1. The van der Waals surface area contributed by atoms with E-state index < -0.39 is 12.3 Å². The average Bonchev–Trinajstić information content (AvgIpc) is 2.59. The van der Waals surface area contributed by atoms with Gasteiger partial charge < -0.3 is 14.8 Å². The minimum atomic E-state index is -0.694. The molecule has 1 aliphatic rings. The molecule has 0 radical (unpaired) electrons. The SMILES string of the molecule is CO[C@H]1OC(=O)C(Br)=C1Nc1ccc(Br)cc1. The van der Waals surface area contributed by atoms with Crippen molar-refractivity contribution in [2.75, 3.05) is 12.4 Å². The Morgan fingerprint density at radius 2 is 1.94 bits per heavy atom. The zero-order valence-electron chi connectivity index (χ0n) is 8.87. The fourth-order valence-corrected chi connectivity index (χ4v) is 2.03. The number of cyclic esters (lactones) is 1. The molecule has 6 heteroatoms. The molecular formula is C11H9Br2NO3. The molecule has 1 atom stereocenters. The summed E-state index contributed by atoms with van der Waals surface area (Å²) in [5.41, 5.74) is 1.42. The molecule has 1 aromatic rings. The van der Waals surface area contributed by atoms with Crippen LogP contribution < -0.4 is 5.32 Å². The highest BCUT2D eigenvalue weighted by Crippen LogP contribution is 2.29. The van der Waals surface area contributed by atoms with Gasteiger partial charge in [-0.25, -0.2) is 4.79 Å². The third-order valence-electron chi connectivity index (χ3n) is 2.20. The predicted molar refractivity (Wildman–Crippen MR) is 70.6 cm³/mol. The zero-order chi connectivity index (χ0) is 12.4. The van der Waals surface area contributed by atoms with Crippen molar-refractivity contribution in [1.29, 1.82) is 0 Å². The predicted octanol–water partition coefficient (Wildman–Crippen LogP) is 3.00. The van der Waals surface area contributed by atoms with Gasteiger partial charge in [0, 0.05) is 17.3 Å². The third-order valence-corrected chi connectivity index (χ3v) is 3.48. The largest absolute Gasteiger partial charge is 0.426 e. The van der Waals surface area contributed by atoms with Gasteiger partial charge in [-0.05, 0) is 40.2 Å². The Bertz CT molecular complexity index is 470. The van der Waals surface area contributed by atoms with E-state index in [2.05, 4.69) is 37.2 Å². The smallest absolute Gasteiger partial charge is 0.349 e. The summed E-state index contributed by atoms with van der Waals surface area (Å²) < 4.78 is 11.4. The molecule has 4 nitrogen and oxygen atoms in total. The normalized spacial score (nSPS) is 19.5. The van der Waals surface area contributed by atoms with Gasteiger partial charge in [0.2, 0.25) is 6.29 Å². The lowest BCUT2D eigenvalue weighted by Crippen LogP contribution is -2.18. The van der Waals surface area contributed by atoms with E-state index in [9.17, 15) is 4.79 Å². The molecule has 1 N–H and O–H groups in total. The van der Waals surface area contributed by atoms with E-state index in [1.165, 1.54) is 7.11 Å². The van der Waals surface area contributed by atoms with Gasteiger partial charge in [-0.1, -0.05) is 15.9 Å². The summed E-state index contributed by atoms with van der Waals surface area (Å²) in [4.78, 5) is 11.3. The summed E-state index contributed by atoms with van der Waals surface area (Å²) in [5, 5.41) is 3.09. The Morgan fingerprint density at radius 1 is 1.29 bits per heavy atom. The molecule has 0 aromatic heterocycles. The van der Waals surface area contributed by atoms with Crippen LogP contribution in [0.25, 0.3) is 0 Å². The second-order valence-electron chi connectivity index (χ2n) is 3.33. The van der Waals surface area contributed by atoms with Gasteiger partial charge in [0.05, 0.1) is 0 Å². The van der Waals surface area contributed by atoms with E-state index in [-0.39, 0.29) is 0 Å². The van der Waals surface area contributed by atoms with Gasteiger partial charge in [-0.15, -0.1) is 0 Å². The number of nitrogens with one attached hydrogen (secondary N) is 1. The zero-order valence-corrected chi connectivity index (χ0v) is 12.0. The number of hydrogen-bond donors (Lipinski definition) is 1. The molecule has 0 saturated heterocycles. The number of carbonyl (C=O) groups is 1. The molecule has 1 aliphatic heterocycles. The number of benzene rings is 1. The van der Waals surface area contributed by atoms with Crippen LogP contribution in [0.3, 0.4) is 0 Å². The quantitative estimate of drug-likeness (QED) is 0.839. The lowest BCUT2D eigenvalue weighted by molar-refractivity contribution is -0.155. The van der Waals surface area contributed by atoms with Crippen LogP contribution >= 0.6 is 31.9 Å². The molecular weight excluding hydrogens is 354 g/mol. The average molecular weight is 363 g/mol. The van der Waals surface area contributed by atoms with Crippen molar-refractivity contribution in [1.82, 2.24) is 0 Å². The molecule has 0 unspecified atom stereocenters. The van der Waals surface area contributed by atoms with Gasteiger partial charge in [-0.2, -0.15) is 0 Å². The lowest BCUT2D eigenvalue weighted by atomic mass is 10.3. The summed E-state index contributed by atoms with van der Waals surface area (Å²) >= 11 is 6.53. The van der Waals surface area contributed by atoms with Crippen LogP contribution in [0, 0.1) is 0 Å². The van der Waals surface area contributed by atoms with Gasteiger partial charge >= 0.3 is 5.97 Å². The Labute approximate surface area is 115 Å². The van der Waals surface area contributed by atoms with Crippen LogP contribution in [0.1, 0.15) is 0 Å². The number of carbonyl (C=O) groups excluding carboxylic acids is 1. The highest BCUT2D eigenvalue weighted by Gasteiger charge is 2.33. The van der Waals surface area contributed by atoms with Crippen LogP contribution in [-0.2, 0) is 14.3 Å². The monoisotopic (exact) mass is 361 g/mol. The fourth-order valence-electron chi connectivity index (χ4n) is 1.39. The summed E-state index contributed by atoms with van der Waals surface area (Å²) in [7, 11) is 1.48. The van der Waals surface area contributed by atoms with Crippen molar-refractivity contribution in [2.24, 2.45) is 0 Å². The van der Waals surface area contributed by atoms with Crippen LogP contribution in [0.2, 0.25) is 0 Å². The topological polar surface area (TPSA) is 47.6 Å². The van der Waals surface area contributed by atoms with E-state index >= 15 is 0 Å². The first-order chi connectivity index (χ1) is 8.11. The number of methoxy groups -OCH3 is 1. The lowest BCUT2D eigenvalue weighted by Gasteiger charge is -2.13. The van der Waals surface area contributed by atoms with E-state index in [1.54, 1.807) is 0 Å². The Kier molecular flexibility index (Phi) is 3.86. The molecule has 0 spiro atoms. The maximum Gasteiger partial charge on any atom is 0.349 e. The number of rotatable bonds is 3. The van der Waals surface area contributed by atoms with Gasteiger partial charge in [-0.3, -0.25) is 0 Å². The molecule has 0 aliphatic carbocycles. The molecule has 1 aromatic carbocycles. The number of anilines is 1. The van der Waals surface area contributed by atoms with E-state index in [0.29, 0.717) is 10.2 Å². The van der Waals surface area contributed by atoms with Crippen molar-refractivity contribution in [2.45, 2.75) is 6.29 Å². The standard InChI is InChI=1S/C11H9Br2NO3/c1-16-11-9(8(13)10(15)17-11)14-7-4-2-6(12)3-5-7/h2-5,11,14H,1H3/t11-/m0/s1. The minimum Gasteiger partial charge on any atom is -0.426 e. The summed E-state index contributed by atoms with van der Waals surface area (Å²) in [6, 6.07) is 7.56. The van der Waals surface area contributed by atoms with Crippen LogP contribution in [0.15, 0.2) is 38.9 Å². The Morgan fingerprint density at radius 3 is 2.53 bits per heavy atom.